The van der Waals surface area contributed by atoms with Crippen molar-refractivity contribution in [1.82, 2.24) is 9.88 Å². The van der Waals surface area contributed by atoms with E-state index >= 15 is 0 Å². The molecule has 1 aromatic heterocycles. The van der Waals surface area contributed by atoms with Gasteiger partial charge in [0.15, 0.2) is 0 Å². The molecule has 1 fully saturated rings. The highest BCUT2D eigenvalue weighted by Gasteiger charge is 2.22. The summed E-state index contributed by atoms with van der Waals surface area (Å²) in [5.41, 5.74) is 15.5. The zero-order valence-electron chi connectivity index (χ0n) is 16.6. The first-order valence-corrected chi connectivity index (χ1v) is 9.86. The van der Waals surface area contributed by atoms with Crippen LogP contribution in [0.4, 0.5) is 0 Å². The van der Waals surface area contributed by atoms with Crippen LogP contribution in [0.3, 0.4) is 0 Å². The Kier molecular flexibility index (Phi) is 6.42. The first kappa shape index (κ1) is 19.7. The zero-order chi connectivity index (χ0) is 19.3. The Balaban J connectivity index is 0.000000159. The molecule has 1 aromatic carbocycles. The largest absolute Gasteiger partial charge is 0.326 e. The summed E-state index contributed by atoms with van der Waals surface area (Å²) in [6, 6.07) is 10.4. The molecule has 4 N–H and O–H groups in total. The predicted molar refractivity (Wildman–Crippen MR) is 114 cm³/mol. The summed E-state index contributed by atoms with van der Waals surface area (Å²) in [6.45, 7) is 8.47. The standard InChI is InChI=1S/C13H22N2.C10H10N2/c1-13(2)6-3-4-11(8-13)9-15-7-5-12(14)10-15;11-7-8-3-1-5-10-9(8)4-2-6-12-10/h3-4,8,12H,5-7,9-10,14H2,1-2H3;1-6H,7,11H2. The average molecular weight is 365 g/mol. The van der Waals surface area contributed by atoms with Crippen LogP contribution in [0, 0.1) is 5.41 Å². The molecule has 1 saturated heterocycles. The molecule has 0 amide bonds. The lowest BCUT2D eigenvalue weighted by atomic mass is 9.83. The summed E-state index contributed by atoms with van der Waals surface area (Å²) in [4.78, 5) is 6.69. The second-order valence-electron chi connectivity index (χ2n) is 8.29. The molecule has 1 atom stereocenters. The Morgan fingerprint density at radius 2 is 2.07 bits per heavy atom. The van der Waals surface area contributed by atoms with Crippen molar-refractivity contribution in [2.24, 2.45) is 16.9 Å². The van der Waals surface area contributed by atoms with E-state index < -0.39 is 0 Å². The van der Waals surface area contributed by atoms with Crippen LogP contribution < -0.4 is 11.5 Å². The number of likely N-dealkylation sites (tertiary alicyclic amines) is 1. The number of hydrogen-bond donors (Lipinski definition) is 2. The third kappa shape index (κ3) is 5.48. The fourth-order valence-corrected chi connectivity index (χ4v) is 3.83. The van der Waals surface area contributed by atoms with Gasteiger partial charge in [-0.25, -0.2) is 0 Å². The van der Waals surface area contributed by atoms with Gasteiger partial charge in [-0.2, -0.15) is 0 Å². The maximum Gasteiger partial charge on any atom is 0.0705 e. The molecular weight excluding hydrogens is 332 g/mol. The van der Waals surface area contributed by atoms with E-state index in [4.69, 9.17) is 11.5 Å². The second kappa shape index (κ2) is 8.79. The van der Waals surface area contributed by atoms with Crippen LogP contribution in [0.5, 0.6) is 0 Å². The van der Waals surface area contributed by atoms with Gasteiger partial charge in [-0.3, -0.25) is 9.88 Å². The average Bonchev–Trinajstić information content (AvgIpc) is 3.05. The van der Waals surface area contributed by atoms with E-state index in [1.165, 1.54) is 5.57 Å². The Labute approximate surface area is 162 Å². The Morgan fingerprint density at radius 3 is 2.78 bits per heavy atom. The van der Waals surface area contributed by atoms with Crippen LogP contribution in [-0.4, -0.2) is 35.6 Å². The van der Waals surface area contributed by atoms with Crippen molar-refractivity contribution >= 4 is 10.9 Å². The van der Waals surface area contributed by atoms with Crippen LogP contribution in [0.2, 0.25) is 0 Å². The van der Waals surface area contributed by atoms with E-state index in [-0.39, 0.29) is 0 Å². The monoisotopic (exact) mass is 364 g/mol. The van der Waals surface area contributed by atoms with Gasteiger partial charge >= 0.3 is 0 Å². The van der Waals surface area contributed by atoms with Gasteiger partial charge in [-0.1, -0.05) is 50.3 Å². The van der Waals surface area contributed by atoms with Gasteiger partial charge in [-0.05, 0) is 41.5 Å². The smallest absolute Gasteiger partial charge is 0.0705 e. The third-order valence-corrected chi connectivity index (χ3v) is 5.22. The van der Waals surface area contributed by atoms with Crippen molar-refractivity contribution in [2.45, 2.75) is 39.3 Å². The van der Waals surface area contributed by atoms with Gasteiger partial charge in [-0.15, -0.1) is 0 Å². The Hall–Kier alpha value is -2.01. The fraction of sp³-hybridized carbons (Fsp3) is 0.435. The molecule has 4 heteroatoms. The predicted octanol–water partition coefficient (Wildman–Crippen LogP) is 3.63. The van der Waals surface area contributed by atoms with E-state index in [0.29, 0.717) is 18.0 Å². The summed E-state index contributed by atoms with van der Waals surface area (Å²) >= 11 is 0. The molecule has 27 heavy (non-hydrogen) atoms. The van der Waals surface area contributed by atoms with Gasteiger partial charge in [0, 0.05) is 43.8 Å². The zero-order valence-corrected chi connectivity index (χ0v) is 16.6. The van der Waals surface area contributed by atoms with Crippen LogP contribution in [0.15, 0.2) is 60.3 Å². The van der Waals surface area contributed by atoms with E-state index in [9.17, 15) is 0 Å². The molecule has 4 rings (SSSR count). The molecule has 0 bridgehead atoms. The number of allylic oxidation sites excluding steroid dienone is 2. The van der Waals surface area contributed by atoms with E-state index in [2.05, 4.69) is 42.0 Å². The molecule has 1 aliphatic carbocycles. The summed E-state index contributed by atoms with van der Waals surface area (Å²) in [5, 5.41) is 1.16. The summed E-state index contributed by atoms with van der Waals surface area (Å²) < 4.78 is 0. The number of nitrogens with zero attached hydrogens (tertiary/aromatic N) is 2. The van der Waals surface area contributed by atoms with Crippen molar-refractivity contribution < 1.29 is 0 Å². The Bertz CT molecular complexity index is 817. The number of nitrogens with two attached hydrogens (primary N) is 2. The maximum atomic E-state index is 5.90. The van der Waals surface area contributed by atoms with Crippen molar-refractivity contribution in [3.05, 3.63) is 65.9 Å². The lowest BCUT2D eigenvalue weighted by Crippen LogP contribution is -2.28. The number of rotatable bonds is 3. The van der Waals surface area contributed by atoms with Gasteiger partial charge in [0.1, 0.15) is 0 Å². The van der Waals surface area contributed by atoms with Crippen molar-refractivity contribution in [3.8, 4) is 0 Å². The quantitative estimate of drug-likeness (QED) is 0.873. The van der Waals surface area contributed by atoms with Crippen molar-refractivity contribution in [3.63, 3.8) is 0 Å². The number of benzene rings is 1. The maximum absolute atomic E-state index is 5.90. The van der Waals surface area contributed by atoms with E-state index in [1.807, 2.05) is 30.3 Å². The van der Waals surface area contributed by atoms with Gasteiger partial charge < -0.3 is 11.5 Å². The highest BCUT2D eigenvalue weighted by Crippen LogP contribution is 2.29. The minimum Gasteiger partial charge on any atom is -0.326 e. The lowest BCUT2D eigenvalue weighted by Gasteiger charge is -2.25. The molecule has 2 aromatic rings. The van der Waals surface area contributed by atoms with Crippen LogP contribution in [0.1, 0.15) is 32.3 Å². The minimum atomic E-state index is 0.339. The molecule has 144 valence electrons. The SMILES string of the molecule is CC1(C)C=C(CN2CCC(N)C2)C=CC1.NCc1cccc2ncccc12. The molecule has 1 aliphatic heterocycles. The second-order valence-corrected chi connectivity index (χ2v) is 8.29. The first-order valence-electron chi connectivity index (χ1n) is 9.86. The summed E-state index contributed by atoms with van der Waals surface area (Å²) in [6.07, 6.45) is 11.1. The van der Waals surface area contributed by atoms with Crippen LogP contribution >= 0.6 is 0 Å². The van der Waals surface area contributed by atoms with Gasteiger partial charge in [0.25, 0.3) is 0 Å². The summed E-state index contributed by atoms with van der Waals surface area (Å²) in [5.74, 6) is 0. The normalized spacial score (nSPS) is 21.6. The molecule has 0 spiro atoms. The summed E-state index contributed by atoms with van der Waals surface area (Å²) in [7, 11) is 0. The molecule has 4 nitrogen and oxygen atoms in total. The first-order chi connectivity index (χ1) is 13.0. The highest BCUT2D eigenvalue weighted by atomic mass is 15.2. The number of fused-ring (bicyclic) bond motifs is 1. The fourth-order valence-electron chi connectivity index (χ4n) is 3.83. The van der Waals surface area contributed by atoms with E-state index in [0.717, 1.165) is 48.9 Å². The minimum absolute atomic E-state index is 0.339. The van der Waals surface area contributed by atoms with Crippen LogP contribution in [-0.2, 0) is 6.54 Å². The third-order valence-electron chi connectivity index (χ3n) is 5.22. The van der Waals surface area contributed by atoms with Crippen LogP contribution in [0.25, 0.3) is 10.9 Å². The number of aromatic nitrogens is 1. The Morgan fingerprint density at radius 1 is 1.22 bits per heavy atom. The topological polar surface area (TPSA) is 68.2 Å². The molecular formula is C23H32N4. The highest BCUT2D eigenvalue weighted by molar-refractivity contribution is 5.81. The molecule has 2 aliphatic rings. The molecule has 2 heterocycles. The molecule has 1 unspecified atom stereocenters. The molecule has 0 saturated carbocycles. The number of pyridine rings is 1. The van der Waals surface area contributed by atoms with Gasteiger partial charge in [0.2, 0.25) is 0 Å². The van der Waals surface area contributed by atoms with Crippen molar-refractivity contribution in [2.75, 3.05) is 19.6 Å². The molecule has 0 radical (unpaired) electrons. The number of hydrogen-bond acceptors (Lipinski definition) is 4. The van der Waals surface area contributed by atoms with E-state index in [1.54, 1.807) is 6.20 Å². The van der Waals surface area contributed by atoms with Gasteiger partial charge in [0.05, 0.1) is 5.52 Å². The lowest BCUT2D eigenvalue weighted by molar-refractivity contribution is 0.361. The van der Waals surface area contributed by atoms with Crippen molar-refractivity contribution in [1.29, 1.82) is 0 Å².